The highest BCUT2D eigenvalue weighted by Gasteiger charge is 2.23. The number of halogens is 2. The van der Waals surface area contributed by atoms with E-state index in [-0.39, 0.29) is 22.2 Å². The molecule has 1 amide bonds. The molecule has 6 nitrogen and oxygen atoms in total. The molecule has 0 bridgehead atoms. The van der Waals surface area contributed by atoms with Gasteiger partial charge in [-0.1, -0.05) is 35.3 Å². The molecule has 0 saturated heterocycles. The van der Waals surface area contributed by atoms with Crippen molar-refractivity contribution in [1.82, 2.24) is 5.32 Å². The van der Waals surface area contributed by atoms with Crippen LogP contribution in [0, 0.1) is 10.1 Å². The van der Waals surface area contributed by atoms with E-state index in [0.717, 1.165) is 5.56 Å². The van der Waals surface area contributed by atoms with Gasteiger partial charge in [0.25, 0.3) is 11.6 Å². The number of benzene rings is 2. The lowest BCUT2D eigenvalue weighted by Gasteiger charge is -2.01. The number of carbonyl (C=O) groups is 1. The van der Waals surface area contributed by atoms with Crippen LogP contribution < -0.4 is 5.32 Å². The van der Waals surface area contributed by atoms with E-state index in [4.69, 9.17) is 23.2 Å². The Balaban J connectivity index is 1.96. The van der Waals surface area contributed by atoms with Crippen LogP contribution in [0.25, 0.3) is 6.08 Å². The molecule has 0 radical (unpaired) electrons. The lowest BCUT2D eigenvalue weighted by molar-refractivity contribution is -0.384. The number of nitrogens with zero attached hydrogens (tertiary/aromatic N) is 2. The maximum absolute atomic E-state index is 12.0. The fourth-order valence-corrected chi connectivity index (χ4v) is 2.43. The largest absolute Gasteiger partial charge is 0.305 e. The average molecular weight is 362 g/mol. The van der Waals surface area contributed by atoms with E-state index in [1.165, 1.54) is 12.1 Å². The zero-order valence-electron chi connectivity index (χ0n) is 12.0. The van der Waals surface area contributed by atoms with Crippen molar-refractivity contribution in [3.63, 3.8) is 0 Å². The molecule has 0 aromatic heterocycles. The van der Waals surface area contributed by atoms with Gasteiger partial charge in [0.2, 0.25) is 0 Å². The Kier molecular flexibility index (Phi) is 4.33. The summed E-state index contributed by atoms with van der Waals surface area (Å²) >= 11 is 11.6. The number of hydrogen-bond acceptors (Lipinski definition) is 4. The van der Waals surface area contributed by atoms with Crippen molar-refractivity contribution in [2.75, 3.05) is 0 Å². The van der Waals surface area contributed by atoms with Crippen LogP contribution in [-0.2, 0) is 4.79 Å². The van der Waals surface area contributed by atoms with Crippen molar-refractivity contribution in [3.05, 3.63) is 79.4 Å². The molecule has 120 valence electrons. The summed E-state index contributed by atoms with van der Waals surface area (Å²) < 4.78 is 0. The van der Waals surface area contributed by atoms with Gasteiger partial charge in [-0.05, 0) is 35.9 Å². The first-order valence-corrected chi connectivity index (χ1v) is 7.51. The molecule has 0 saturated carbocycles. The topological polar surface area (TPSA) is 84.6 Å². The summed E-state index contributed by atoms with van der Waals surface area (Å²) in [5.41, 5.74) is 1.11. The first kappa shape index (κ1) is 16.2. The number of amidine groups is 1. The minimum absolute atomic E-state index is 0.0191. The van der Waals surface area contributed by atoms with Gasteiger partial charge in [0.1, 0.15) is 16.6 Å². The van der Waals surface area contributed by atoms with Gasteiger partial charge in [0, 0.05) is 16.7 Å². The van der Waals surface area contributed by atoms with Crippen LogP contribution in [0.15, 0.2) is 53.2 Å². The molecule has 1 aliphatic rings. The van der Waals surface area contributed by atoms with Gasteiger partial charge in [0.15, 0.2) is 0 Å². The Morgan fingerprint density at radius 2 is 1.83 bits per heavy atom. The van der Waals surface area contributed by atoms with E-state index in [0.29, 0.717) is 10.6 Å². The summed E-state index contributed by atoms with van der Waals surface area (Å²) in [5.74, 6) is -0.155. The van der Waals surface area contributed by atoms with Crippen LogP contribution in [0.3, 0.4) is 0 Å². The Bertz CT molecular complexity index is 905. The van der Waals surface area contributed by atoms with Crippen molar-refractivity contribution in [2.45, 2.75) is 0 Å². The lowest BCUT2D eigenvalue weighted by Crippen LogP contribution is -2.24. The maximum Gasteiger partial charge on any atom is 0.288 e. The fourth-order valence-electron chi connectivity index (χ4n) is 2.12. The van der Waals surface area contributed by atoms with Crippen molar-refractivity contribution >= 4 is 46.7 Å². The highest BCUT2D eigenvalue weighted by molar-refractivity contribution is 6.33. The molecule has 3 rings (SSSR count). The van der Waals surface area contributed by atoms with Crippen LogP contribution in [-0.4, -0.2) is 16.7 Å². The first-order valence-electron chi connectivity index (χ1n) is 6.75. The van der Waals surface area contributed by atoms with Crippen molar-refractivity contribution in [1.29, 1.82) is 0 Å². The monoisotopic (exact) mass is 361 g/mol. The molecule has 2 aromatic rings. The lowest BCUT2D eigenvalue weighted by atomic mass is 10.2. The third kappa shape index (κ3) is 3.29. The molecule has 0 fully saturated rings. The van der Waals surface area contributed by atoms with Crippen LogP contribution in [0.2, 0.25) is 10.0 Å². The SMILES string of the molecule is O=C1NC(c2ccc(Cl)c([N+](=O)[O-])c2)=N/C1=C/c1ccc(Cl)cc1. The Morgan fingerprint density at radius 1 is 1.12 bits per heavy atom. The number of hydrogen-bond donors (Lipinski definition) is 1. The Morgan fingerprint density at radius 3 is 2.50 bits per heavy atom. The second-order valence-corrected chi connectivity index (χ2v) is 5.76. The third-order valence-electron chi connectivity index (χ3n) is 3.29. The standard InChI is InChI=1S/C16H9Cl2N3O3/c17-11-4-1-9(2-5-11)7-13-16(22)20-15(19-13)10-3-6-12(18)14(8-10)21(23)24/h1-8H,(H,19,20,22)/b13-7+. The molecule has 0 atom stereocenters. The van der Waals surface area contributed by atoms with Crippen LogP contribution >= 0.6 is 23.2 Å². The predicted molar refractivity (Wildman–Crippen MR) is 92.2 cm³/mol. The average Bonchev–Trinajstić information content (AvgIpc) is 2.90. The summed E-state index contributed by atoms with van der Waals surface area (Å²) in [6.07, 6.45) is 1.60. The summed E-state index contributed by atoms with van der Waals surface area (Å²) in [4.78, 5) is 26.6. The van der Waals surface area contributed by atoms with E-state index in [9.17, 15) is 14.9 Å². The molecule has 0 unspecified atom stereocenters. The summed E-state index contributed by atoms with van der Waals surface area (Å²) in [5, 5.41) is 14.2. The number of rotatable bonds is 3. The second-order valence-electron chi connectivity index (χ2n) is 4.92. The molecule has 0 spiro atoms. The van der Waals surface area contributed by atoms with Gasteiger partial charge in [-0.25, -0.2) is 4.99 Å². The number of nitro benzene ring substituents is 1. The number of nitrogens with one attached hydrogen (secondary N) is 1. The predicted octanol–water partition coefficient (Wildman–Crippen LogP) is 3.82. The molecule has 2 aromatic carbocycles. The molecule has 1 heterocycles. The second kappa shape index (κ2) is 6.43. The maximum atomic E-state index is 12.0. The quantitative estimate of drug-likeness (QED) is 0.512. The van der Waals surface area contributed by atoms with Crippen molar-refractivity contribution < 1.29 is 9.72 Å². The normalized spacial score (nSPS) is 15.3. The highest BCUT2D eigenvalue weighted by atomic mass is 35.5. The minimum atomic E-state index is -0.590. The van der Waals surface area contributed by atoms with Crippen LogP contribution in [0.4, 0.5) is 5.69 Å². The molecule has 8 heteroatoms. The number of amides is 1. The van der Waals surface area contributed by atoms with Gasteiger partial charge in [-0.15, -0.1) is 0 Å². The Labute approximate surface area is 146 Å². The van der Waals surface area contributed by atoms with Crippen molar-refractivity contribution in [2.24, 2.45) is 4.99 Å². The van der Waals surface area contributed by atoms with E-state index in [1.807, 2.05) is 0 Å². The van der Waals surface area contributed by atoms with Gasteiger partial charge < -0.3 is 5.32 Å². The van der Waals surface area contributed by atoms with E-state index >= 15 is 0 Å². The smallest absolute Gasteiger partial charge is 0.288 e. The molecular weight excluding hydrogens is 353 g/mol. The van der Waals surface area contributed by atoms with Gasteiger partial charge >= 0.3 is 0 Å². The highest BCUT2D eigenvalue weighted by Crippen LogP contribution is 2.26. The fraction of sp³-hybridized carbons (Fsp3) is 0. The first-order chi connectivity index (χ1) is 11.4. The van der Waals surface area contributed by atoms with E-state index < -0.39 is 10.8 Å². The molecular formula is C16H9Cl2N3O3. The number of nitro groups is 1. The Hall–Kier alpha value is -2.70. The van der Waals surface area contributed by atoms with E-state index in [1.54, 1.807) is 36.4 Å². The van der Waals surface area contributed by atoms with Gasteiger partial charge in [-0.2, -0.15) is 0 Å². The summed E-state index contributed by atoms with van der Waals surface area (Å²) in [6.45, 7) is 0. The zero-order chi connectivity index (χ0) is 17.3. The minimum Gasteiger partial charge on any atom is -0.305 e. The molecule has 0 aliphatic carbocycles. The number of carbonyl (C=O) groups excluding carboxylic acids is 1. The summed E-state index contributed by atoms with van der Waals surface area (Å²) in [6, 6.07) is 11.1. The molecule has 24 heavy (non-hydrogen) atoms. The van der Waals surface area contributed by atoms with Crippen LogP contribution in [0.5, 0.6) is 0 Å². The van der Waals surface area contributed by atoms with E-state index in [2.05, 4.69) is 10.3 Å². The van der Waals surface area contributed by atoms with Gasteiger partial charge in [0.05, 0.1) is 4.92 Å². The number of aliphatic imine (C=N–C) groups is 1. The van der Waals surface area contributed by atoms with Crippen LogP contribution in [0.1, 0.15) is 11.1 Å². The third-order valence-corrected chi connectivity index (χ3v) is 3.86. The molecule has 1 aliphatic heterocycles. The van der Waals surface area contributed by atoms with Gasteiger partial charge in [-0.3, -0.25) is 14.9 Å². The molecule has 1 N–H and O–H groups in total. The summed E-state index contributed by atoms with van der Waals surface area (Å²) in [7, 11) is 0. The van der Waals surface area contributed by atoms with Crippen molar-refractivity contribution in [3.8, 4) is 0 Å². The zero-order valence-corrected chi connectivity index (χ0v) is 13.5.